The lowest BCUT2D eigenvalue weighted by atomic mass is 10.1. The molecule has 0 aliphatic rings. The first-order valence-corrected chi connectivity index (χ1v) is 8.01. The SMILES string of the molecule is CC(O)CN(C(=O)CCCc1c[nH]c2ccccc12)C(C)C. The normalized spacial score (nSPS) is 12.8. The minimum absolute atomic E-state index is 0.121. The Morgan fingerprint density at radius 2 is 2.00 bits per heavy atom. The molecule has 4 nitrogen and oxygen atoms in total. The van der Waals surface area contributed by atoms with E-state index in [0.29, 0.717) is 13.0 Å². The summed E-state index contributed by atoms with van der Waals surface area (Å²) in [5.41, 5.74) is 2.40. The molecule has 22 heavy (non-hydrogen) atoms. The number of rotatable bonds is 7. The quantitative estimate of drug-likeness (QED) is 0.825. The third-order valence-corrected chi connectivity index (χ3v) is 3.92. The first kappa shape index (κ1) is 16.6. The van der Waals surface area contributed by atoms with E-state index in [1.807, 2.05) is 32.2 Å². The van der Waals surface area contributed by atoms with E-state index in [4.69, 9.17) is 0 Å². The van der Waals surface area contributed by atoms with E-state index in [1.165, 1.54) is 10.9 Å². The van der Waals surface area contributed by atoms with Crippen LogP contribution in [0.2, 0.25) is 0 Å². The van der Waals surface area contributed by atoms with Gasteiger partial charge in [-0.2, -0.15) is 0 Å². The molecule has 1 aromatic heterocycles. The molecule has 0 spiro atoms. The number of aliphatic hydroxyl groups is 1. The van der Waals surface area contributed by atoms with Crippen molar-refractivity contribution in [2.75, 3.05) is 6.54 Å². The number of carbonyl (C=O) groups is 1. The Labute approximate surface area is 132 Å². The summed E-state index contributed by atoms with van der Waals surface area (Å²) in [6.07, 6.45) is 3.77. The van der Waals surface area contributed by atoms with Gasteiger partial charge in [0.25, 0.3) is 0 Å². The van der Waals surface area contributed by atoms with Gasteiger partial charge in [0.2, 0.25) is 5.91 Å². The minimum atomic E-state index is -0.486. The Morgan fingerprint density at radius 1 is 1.27 bits per heavy atom. The smallest absolute Gasteiger partial charge is 0.222 e. The molecular weight excluding hydrogens is 276 g/mol. The average Bonchev–Trinajstić information content (AvgIpc) is 2.87. The third-order valence-electron chi connectivity index (χ3n) is 3.92. The molecule has 0 bridgehead atoms. The van der Waals surface area contributed by atoms with E-state index in [-0.39, 0.29) is 11.9 Å². The van der Waals surface area contributed by atoms with E-state index in [1.54, 1.807) is 11.8 Å². The fraction of sp³-hybridized carbons (Fsp3) is 0.500. The molecule has 1 aromatic carbocycles. The highest BCUT2D eigenvalue weighted by Crippen LogP contribution is 2.19. The summed E-state index contributed by atoms with van der Waals surface area (Å²) in [6.45, 7) is 6.10. The van der Waals surface area contributed by atoms with E-state index in [2.05, 4.69) is 17.1 Å². The Morgan fingerprint density at radius 3 is 2.68 bits per heavy atom. The van der Waals surface area contributed by atoms with Gasteiger partial charge >= 0.3 is 0 Å². The van der Waals surface area contributed by atoms with Crippen molar-refractivity contribution in [1.82, 2.24) is 9.88 Å². The number of nitrogens with one attached hydrogen (secondary N) is 1. The molecule has 0 aliphatic carbocycles. The zero-order valence-electron chi connectivity index (χ0n) is 13.7. The van der Waals surface area contributed by atoms with Crippen LogP contribution in [-0.2, 0) is 11.2 Å². The number of carbonyl (C=O) groups excluding carboxylic acids is 1. The van der Waals surface area contributed by atoms with E-state index in [9.17, 15) is 9.90 Å². The van der Waals surface area contributed by atoms with Gasteiger partial charge in [-0.25, -0.2) is 0 Å². The predicted octanol–water partition coefficient (Wildman–Crippen LogP) is 3.11. The number of aromatic nitrogens is 1. The summed E-state index contributed by atoms with van der Waals surface area (Å²) in [5.74, 6) is 0.121. The van der Waals surface area contributed by atoms with Crippen LogP contribution in [0.5, 0.6) is 0 Å². The number of H-pyrrole nitrogens is 1. The Balaban J connectivity index is 1.91. The maximum Gasteiger partial charge on any atom is 0.222 e. The first-order valence-electron chi connectivity index (χ1n) is 8.01. The Hall–Kier alpha value is -1.81. The maximum atomic E-state index is 12.3. The molecule has 0 fully saturated rings. The van der Waals surface area contributed by atoms with Gasteiger partial charge < -0.3 is 15.0 Å². The molecule has 1 atom stereocenters. The summed E-state index contributed by atoms with van der Waals surface area (Å²) < 4.78 is 0. The molecule has 4 heteroatoms. The lowest BCUT2D eigenvalue weighted by Crippen LogP contribution is -2.41. The fourth-order valence-corrected chi connectivity index (χ4v) is 2.80. The number of nitrogens with zero attached hydrogens (tertiary/aromatic N) is 1. The summed E-state index contributed by atoms with van der Waals surface area (Å²) in [6, 6.07) is 8.34. The highest BCUT2D eigenvalue weighted by Gasteiger charge is 2.18. The molecule has 2 N–H and O–H groups in total. The van der Waals surface area contributed by atoms with Crippen molar-refractivity contribution in [3.05, 3.63) is 36.0 Å². The molecule has 0 saturated carbocycles. The lowest BCUT2D eigenvalue weighted by Gasteiger charge is -2.28. The number of aromatic amines is 1. The molecule has 1 unspecified atom stereocenters. The largest absolute Gasteiger partial charge is 0.392 e. The van der Waals surface area contributed by atoms with Crippen LogP contribution in [0.4, 0.5) is 0 Å². The number of amides is 1. The Kier molecular flexibility index (Phi) is 5.61. The van der Waals surface area contributed by atoms with Crippen LogP contribution in [0.3, 0.4) is 0 Å². The van der Waals surface area contributed by atoms with Crippen molar-refractivity contribution in [3.63, 3.8) is 0 Å². The van der Waals surface area contributed by atoms with Crippen LogP contribution < -0.4 is 0 Å². The molecule has 0 saturated heterocycles. The van der Waals surface area contributed by atoms with E-state index < -0.39 is 6.10 Å². The molecule has 2 rings (SSSR count). The summed E-state index contributed by atoms with van der Waals surface area (Å²) in [4.78, 5) is 17.3. The molecule has 1 heterocycles. The second kappa shape index (κ2) is 7.45. The summed E-state index contributed by atoms with van der Waals surface area (Å²) in [7, 11) is 0. The predicted molar refractivity (Wildman–Crippen MR) is 89.8 cm³/mol. The summed E-state index contributed by atoms with van der Waals surface area (Å²) in [5, 5.41) is 10.8. The highest BCUT2D eigenvalue weighted by atomic mass is 16.3. The van der Waals surface area contributed by atoms with Crippen LogP contribution in [-0.4, -0.2) is 39.6 Å². The molecule has 0 aliphatic heterocycles. The van der Waals surface area contributed by atoms with Gasteiger partial charge in [-0.1, -0.05) is 18.2 Å². The van der Waals surface area contributed by atoms with E-state index in [0.717, 1.165) is 18.4 Å². The first-order chi connectivity index (χ1) is 10.5. The van der Waals surface area contributed by atoms with Gasteiger partial charge in [0.05, 0.1) is 6.10 Å². The molecule has 120 valence electrons. The third kappa shape index (κ3) is 4.10. The van der Waals surface area contributed by atoms with Gasteiger partial charge in [0, 0.05) is 36.1 Å². The van der Waals surface area contributed by atoms with Gasteiger partial charge in [-0.3, -0.25) is 4.79 Å². The standard InChI is InChI=1S/C18H26N2O2/c1-13(2)20(12-14(3)21)18(22)10-6-7-15-11-19-17-9-5-4-8-16(15)17/h4-5,8-9,11,13-14,19,21H,6-7,10,12H2,1-3H3. The topological polar surface area (TPSA) is 56.3 Å². The molecular formula is C18H26N2O2. The van der Waals surface area contributed by atoms with Gasteiger partial charge in [-0.15, -0.1) is 0 Å². The van der Waals surface area contributed by atoms with Gasteiger partial charge in [0.1, 0.15) is 0 Å². The fourth-order valence-electron chi connectivity index (χ4n) is 2.80. The van der Waals surface area contributed by atoms with Crippen molar-refractivity contribution in [3.8, 4) is 0 Å². The van der Waals surface area contributed by atoms with Crippen molar-refractivity contribution in [2.45, 2.75) is 52.2 Å². The average molecular weight is 302 g/mol. The van der Waals surface area contributed by atoms with Gasteiger partial charge in [-0.05, 0) is 45.2 Å². The van der Waals surface area contributed by atoms with E-state index >= 15 is 0 Å². The Bertz CT molecular complexity index is 616. The van der Waals surface area contributed by atoms with Crippen molar-refractivity contribution >= 4 is 16.8 Å². The molecule has 2 aromatic rings. The minimum Gasteiger partial charge on any atom is -0.392 e. The zero-order valence-corrected chi connectivity index (χ0v) is 13.7. The summed E-state index contributed by atoms with van der Waals surface area (Å²) >= 11 is 0. The highest BCUT2D eigenvalue weighted by molar-refractivity contribution is 5.83. The van der Waals surface area contributed by atoms with Gasteiger partial charge in [0.15, 0.2) is 0 Å². The van der Waals surface area contributed by atoms with Crippen LogP contribution >= 0.6 is 0 Å². The number of aryl methyl sites for hydroxylation is 1. The van der Waals surface area contributed by atoms with Crippen LogP contribution in [0.1, 0.15) is 39.2 Å². The van der Waals surface area contributed by atoms with Crippen LogP contribution in [0, 0.1) is 0 Å². The second-order valence-electron chi connectivity index (χ2n) is 6.20. The molecule has 0 radical (unpaired) electrons. The second-order valence-corrected chi connectivity index (χ2v) is 6.20. The molecule has 1 amide bonds. The van der Waals surface area contributed by atoms with Crippen molar-refractivity contribution in [2.24, 2.45) is 0 Å². The number of hydrogen-bond acceptors (Lipinski definition) is 2. The number of para-hydroxylation sites is 1. The number of hydrogen-bond donors (Lipinski definition) is 2. The monoisotopic (exact) mass is 302 g/mol. The number of benzene rings is 1. The van der Waals surface area contributed by atoms with Crippen molar-refractivity contribution in [1.29, 1.82) is 0 Å². The lowest BCUT2D eigenvalue weighted by molar-refractivity contribution is -0.134. The van der Waals surface area contributed by atoms with Crippen LogP contribution in [0.15, 0.2) is 30.5 Å². The maximum absolute atomic E-state index is 12.3. The van der Waals surface area contributed by atoms with Crippen molar-refractivity contribution < 1.29 is 9.90 Å². The number of fused-ring (bicyclic) bond motifs is 1. The number of aliphatic hydroxyl groups excluding tert-OH is 1. The zero-order chi connectivity index (χ0) is 16.1. The van der Waals surface area contributed by atoms with Crippen LogP contribution in [0.25, 0.3) is 10.9 Å².